The number of rotatable bonds is 8. The maximum Gasteiger partial charge on any atom is 0.311 e. The molecule has 9 nitrogen and oxygen atoms in total. The largest absolute Gasteiger partial charge is 0.497 e. The monoisotopic (exact) mass is 402 g/mol. The van der Waals surface area contributed by atoms with Crippen LogP contribution in [0.4, 0.5) is 5.69 Å². The lowest BCUT2D eigenvalue weighted by Gasteiger charge is -2.15. The first kappa shape index (κ1) is 20.2. The quantitative estimate of drug-likeness (QED) is 0.671. The minimum atomic E-state index is -0.614. The summed E-state index contributed by atoms with van der Waals surface area (Å²) in [6.45, 7) is 0.0531. The average molecular weight is 402 g/mol. The molecule has 0 aliphatic carbocycles. The third kappa shape index (κ3) is 5.07. The summed E-state index contributed by atoms with van der Waals surface area (Å²) in [6.07, 6.45) is 1.57. The molecule has 1 atom stereocenters. The number of methoxy groups -OCH3 is 2. The lowest BCUT2D eigenvalue weighted by Crippen LogP contribution is -2.28. The molecule has 154 valence electrons. The molecule has 1 aliphatic rings. The summed E-state index contributed by atoms with van der Waals surface area (Å²) in [6, 6.07) is 8.44. The predicted octanol–water partition coefficient (Wildman–Crippen LogP) is 1.83. The zero-order chi connectivity index (χ0) is 20.8. The number of carbonyl (C=O) groups excluding carboxylic acids is 3. The van der Waals surface area contributed by atoms with Crippen molar-refractivity contribution in [1.29, 1.82) is 0 Å². The van der Waals surface area contributed by atoms with Gasteiger partial charge in [0.1, 0.15) is 17.3 Å². The van der Waals surface area contributed by atoms with E-state index in [4.69, 9.17) is 18.6 Å². The molecular formula is C20H22N2O7. The number of benzene rings is 1. The summed E-state index contributed by atoms with van der Waals surface area (Å²) in [5.74, 6) is -0.265. The number of furan rings is 1. The molecule has 0 saturated carbocycles. The van der Waals surface area contributed by atoms with Gasteiger partial charge in [0, 0.05) is 19.0 Å². The predicted molar refractivity (Wildman–Crippen MR) is 101 cm³/mol. The number of anilines is 1. The molecule has 0 unspecified atom stereocenters. The zero-order valence-electron chi connectivity index (χ0n) is 16.2. The van der Waals surface area contributed by atoms with Crippen LogP contribution in [0.2, 0.25) is 0 Å². The maximum atomic E-state index is 12.3. The minimum absolute atomic E-state index is 0.0465. The summed E-state index contributed by atoms with van der Waals surface area (Å²) in [4.78, 5) is 38.1. The van der Waals surface area contributed by atoms with Gasteiger partial charge in [-0.25, -0.2) is 0 Å². The lowest BCUT2D eigenvalue weighted by molar-refractivity contribution is -0.151. The second-order valence-electron chi connectivity index (χ2n) is 6.48. The molecule has 0 radical (unpaired) electrons. The summed E-state index contributed by atoms with van der Waals surface area (Å²) >= 11 is 0. The fourth-order valence-corrected chi connectivity index (χ4v) is 3.03. The number of likely N-dealkylation sites (tertiary alicyclic amines) is 1. The smallest absolute Gasteiger partial charge is 0.311 e. The summed E-state index contributed by atoms with van der Waals surface area (Å²) in [7, 11) is 2.98. The van der Waals surface area contributed by atoms with Gasteiger partial charge in [-0.2, -0.15) is 0 Å². The van der Waals surface area contributed by atoms with Gasteiger partial charge in [-0.05, 0) is 24.3 Å². The van der Waals surface area contributed by atoms with Crippen molar-refractivity contribution in [2.75, 3.05) is 32.7 Å². The number of nitrogens with zero attached hydrogens (tertiary/aromatic N) is 1. The first-order chi connectivity index (χ1) is 14.0. The highest BCUT2D eigenvalue weighted by Gasteiger charge is 2.35. The van der Waals surface area contributed by atoms with Crippen LogP contribution in [0.25, 0.3) is 0 Å². The Kier molecular flexibility index (Phi) is 6.38. The van der Waals surface area contributed by atoms with Gasteiger partial charge in [-0.3, -0.25) is 14.4 Å². The van der Waals surface area contributed by atoms with Crippen LogP contribution >= 0.6 is 0 Å². The van der Waals surface area contributed by atoms with Crippen LogP contribution in [0.5, 0.6) is 11.5 Å². The van der Waals surface area contributed by atoms with E-state index in [1.54, 1.807) is 30.3 Å². The highest BCUT2D eigenvalue weighted by molar-refractivity contribution is 5.95. The van der Waals surface area contributed by atoms with Crippen molar-refractivity contribution in [1.82, 2.24) is 4.90 Å². The average Bonchev–Trinajstić information content (AvgIpc) is 3.36. The highest BCUT2D eigenvalue weighted by Crippen LogP contribution is 2.29. The topological polar surface area (TPSA) is 107 Å². The van der Waals surface area contributed by atoms with Crippen LogP contribution in [0, 0.1) is 5.92 Å². The Morgan fingerprint density at radius 1 is 1.24 bits per heavy atom. The van der Waals surface area contributed by atoms with Crippen molar-refractivity contribution in [3.8, 4) is 11.5 Å². The number of esters is 1. The van der Waals surface area contributed by atoms with Gasteiger partial charge in [-0.1, -0.05) is 0 Å². The fourth-order valence-electron chi connectivity index (χ4n) is 3.03. The molecule has 1 fully saturated rings. The normalized spacial score (nSPS) is 15.9. The minimum Gasteiger partial charge on any atom is -0.497 e. The van der Waals surface area contributed by atoms with E-state index in [1.165, 1.54) is 25.4 Å². The molecule has 29 heavy (non-hydrogen) atoms. The van der Waals surface area contributed by atoms with Crippen molar-refractivity contribution in [2.24, 2.45) is 5.92 Å². The second kappa shape index (κ2) is 9.13. The molecule has 1 aromatic heterocycles. The number of carbonyl (C=O) groups is 3. The van der Waals surface area contributed by atoms with Crippen LogP contribution < -0.4 is 14.8 Å². The van der Waals surface area contributed by atoms with Gasteiger partial charge in [0.15, 0.2) is 6.61 Å². The van der Waals surface area contributed by atoms with Crippen molar-refractivity contribution < 1.29 is 33.0 Å². The molecule has 1 saturated heterocycles. The Labute approximate surface area is 167 Å². The molecule has 9 heteroatoms. The zero-order valence-corrected chi connectivity index (χ0v) is 16.2. The first-order valence-corrected chi connectivity index (χ1v) is 8.99. The van der Waals surface area contributed by atoms with E-state index in [9.17, 15) is 14.4 Å². The third-order valence-corrected chi connectivity index (χ3v) is 4.50. The Morgan fingerprint density at radius 3 is 2.76 bits per heavy atom. The van der Waals surface area contributed by atoms with Crippen LogP contribution in [0.15, 0.2) is 41.0 Å². The van der Waals surface area contributed by atoms with Gasteiger partial charge in [0.25, 0.3) is 5.91 Å². The maximum absolute atomic E-state index is 12.3. The standard InChI is InChI=1S/C20H22N2O7/c1-26-14-5-6-17(27-2)16(9-14)21-18(23)12-29-20(25)13-8-19(24)22(10-13)11-15-4-3-7-28-15/h3-7,9,13H,8,10-12H2,1-2H3,(H,21,23)/t13-/m0/s1. The number of nitrogens with one attached hydrogen (secondary N) is 1. The van der Waals surface area contributed by atoms with Crippen molar-refractivity contribution >= 4 is 23.5 Å². The molecule has 0 spiro atoms. The molecule has 3 rings (SSSR count). The fraction of sp³-hybridized carbons (Fsp3) is 0.350. The number of hydrogen-bond acceptors (Lipinski definition) is 7. The molecule has 2 amide bonds. The van der Waals surface area contributed by atoms with Crippen LogP contribution in [0.1, 0.15) is 12.2 Å². The molecule has 2 aromatic rings. The molecule has 1 aromatic carbocycles. The van der Waals surface area contributed by atoms with E-state index in [0.29, 0.717) is 29.5 Å². The van der Waals surface area contributed by atoms with Crippen molar-refractivity contribution in [3.05, 3.63) is 42.4 Å². The van der Waals surface area contributed by atoms with Crippen molar-refractivity contribution in [3.63, 3.8) is 0 Å². The Morgan fingerprint density at radius 2 is 2.07 bits per heavy atom. The Hall–Kier alpha value is -3.49. The molecule has 1 N–H and O–H groups in total. The van der Waals surface area contributed by atoms with Crippen LogP contribution in [0.3, 0.4) is 0 Å². The number of hydrogen-bond donors (Lipinski definition) is 1. The van der Waals surface area contributed by atoms with E-state index in [2.05, 4.69) is 5.32 Å². The van der Waals surface area contributed by atoms with E-state index < -0.39 is 24.4 Å². The van der Waals surface area contributed by atoms with E-state index in [-0.39, 0.29) is 18.9 Å². The summed E-state index contributed by atoms with van der Waals surface area (Å²) in [5, 5.41) is 2.62. The Balaban J connectivity index is 1.50. The van der Waals surface area contributed by atoms with Gasteiger partial charge >= 0.3 is 5.97 Å². The SMILES string of the molecule is COc1ccc(OC)c(NC(=O)COC(=O)[C@H]2CC(=O)N(Cc3ccco3)C2)c1. The van der Waals surface area contributed by atoms with Gasteiger partial charge < -0.3 is 28.8 Å². The molecule has 1 aliphatic heterocycles. The second-order valence-corrected chi connectivity index (χ2v) is 6.48. The van der Waals surface area contributed by atoms with E-state index >= 15 is 0 Å². The van der Waals surface area contributed by atoms with Gasteiger partial charge in [-0.15, -0.1) is 0 Å². The number of amides is 2. The molecule has 0 bridgehead atoms. The molecule has 2 heterocycles. The summed E-state index contributed by atoms with van der Waals surface area (Å²) < 4.78 is 20.6. The third-order valence-electron chi connectivity index (χ3n) is 4.50. The Bertz CT molecular complexity index is 879. The summed E-state index contributed by atoms with van der Waals surface area (Å²) in [5.41, 5.74) is 0.397. The van der Waals surface area contributed by atoms with Crippen LogP contribution in [-0.4, -0.2) is 50.1 Å². The highest BCUT2D eigenvalue weighted by atomic mass is 16.5. The lowest BCUT2D eigenvalue weighted by atomic mass is 10.1. The first-order valence-electron chi connectivity index (χ1n) is 8.99. The number of ether oxygens (including phenoxy) is 3. The van der Waals surface area contributed by atoms with E-state index in [1.807, 2.05) is 0 Å². The van der Waals surface area contributed by atoms with Crippen molar-refractivity contribution in [2.45, 2.75) is 13.0 Å². The van der Waals surface area contributed by atoms with Crippen LogP contribution in [-0.2, 0) is 25.7 Å². The van der Waals surface area contributed by atoms with E-state index in [0.717, 1.165) is 0 Å². The van der Waals surface area contributed by atoms with Gasteiger partial charge in [0.05, 0.1) is 38.6 Å². The molecular weight excluding hydrogens is 380 g/mol. The van der Waals surface area contributed by atoms with Gasteiger partial charge in [0.2, 0.25) is 5.91 Å².